The summed E-state index contributed by atoms with van der Waals surface area (Å²) in [5, 5.41) is 12.0. The Labute approximate surface area is 153 Å². The maximum absolute atomic E-state index is 12.9. The molecule has 0 aliphatic heterocycles. The second-order valence-electron chi connectivity index (χ2n) is 7.54. The fraction of sp³-hybridized carbons (Fsp3) is 0.409. The molecule has 0 radical (unpaired) electrons. The molecule has 0 heterocycles. The molecule has 3 heteroatoms. The van der Waals surface area contributed by atoms with Crippen molar-refractivity contribution < 1.29 is 9.90 Å². The van der Waals surface area contributed by atoms with Crippen molar-refractivity contribution in [3.05, 3.63) is 70.2 Å². The number of benzene rings is 2. The van der Waals surface area contributed by atoms with Gasteiger partial charge in [0.25, 0.3) is 0 Å². The molecular formula is C22H23ClO2. The standard InChI is InChI=1S/C22H23ClO2/c23-18-8-5-15(6-9-18)16-11-13-22(25,14-12-16)20-10-7-17-3-1-2-4-19(17)21(20)24/h1-6,8-9,16,20,25H,7,10-14H2/t16?,20-,22?/m1/s1. The summed E-state index contributed by atoms with van der Waals surface area (Å²) < 4.78 is 0. The third kappa shape index (κ3) is 3.14. The molecule has 25 heavy (non-hydrogen) atoms. The van der Waals surface area contributed by atoms with E-state index in [2.05, 4.69) is 12.1 Å². The van der Waals surface area contributed by atoms with Crippen LogP contribution in [0.15, 0.2) is 48.5 Å². The number of aliphatic hydroxyl groups is 1. The first-order chi connectivity index (χ1) is 12.1. The van der Waals surface area contributed by atoms with Gasteiger partial charge in [0.05, 0.1) is 11.5 Å². The molecule has 2 aromatic rings. The average Bonchev–Trinajstić information content (AvgIpc) is 2.63. The molecule has 1 atom stereocenters. The number of Topliss-reactive ketones (excluding diaryl/α,β-unsaturated/α-hetero) is 1. The van der Waals surface area contributed by atoms with Crippen LogP contribution in [0.3, 0.4) is 0 Å². The first kappa shape index (κ1) is 16.8. The van der Waals surface area contributed by atoms with Gasteiger partial charge in [-0.1, -0.05) is 48.0 Å². The van der Waals surface area contributed by atoms with Crippen molar-refractivity contribution in [3.63, 3.8) is 0 Å². The van der Waals surface area contributed by atoms with Crippen LogP contribution in [0.5, 0.6) is 0 Å². The van der Waals surface area contributed by atoms with Crippen LogP contribution in [0.4, 0.5) is 0 Å². The topological polar surface area (TPSA) is 37.3 Å². The molecule has 1 fully saturated rings. The molecule has 0 saturated heterocycles. The van der Waals surface area contributed by atoms with Gasteiger partial charge in [0.1, 0.15) is 0 Å². The van der Waals surface area contributed by atoms with E-state index in [4.69, 9.17) is 11.6 Å². The largest absolute Gasteiger partial charge is 0.389 e. The van der Waals surface area contributed by atoms with E-state index in [0.717, 1.165) is 41.8 Å². The van der Waals surface area contributed by atoms with Gasteiger partial charge in [0.2, 0.25) is 0 Å². The monoisotopic (exact) mass is 354 g/mol. The van der Waals surface area contributed by atoms with E-state index in [0.29, 0.717) is 18.8 Å². The average molecular weight is 355 g/mol. The van der Waals surface area contributed by atoms with Gasteiger partial charge in [-0.25, -0.2) is 0 Å². The summed E-state index contributed by atoms with van der Waals surface area (Å²) in [6.07, 6.45) is 4.87. The number of halogens is 1. The van der Waals surface area contributed by atoms with Gasteiger partial charge < -0.3 is 5.11 Å². The molecule has 2 aromatic carbocycles. The minimum absolute atomic E-state index is 0.134. The minimum Gasteiger partial charge on any atom is -0.389 e. The van der Waals surface area contributed by atoms with Gasteiger partial charge in [0.15, 0.2) is 5.78 Å². The van der Waals surface area contributed by atoms with Gasteiger partial charge in [-0.2, -0.15) is 0 Å². The lowest BCUT2D eigenvalue weighted by molar-refractivity contribution is -0.0457. The van der Waals surface area contributed by atoms with Crippen LogP contribution in [0.2, 0.25) is 5.02 Å². The second kappa shape index (κ2) is 6.59. The van der Waals surface area contributed by atoms with Crippen LogP contribution in [-0.2, 0) is 6.42 Å². The zero-order valence-corrected chi connectivity index (χ0v) is 15.0. The number of rotatable bonds is 2. The molecule has 130 valence electrons. The van der Waals surface area contributed by atoms with E-state index in [1.807, 2.05) is 36.4 Å². The summed E-state index contributed by atoms with van der Waals surface area (Å²) in [6, 6.07) is 15.9. The maximum atomic E-state index is 12.9. The van der Waals surface area contributed by atoms with Crippen molar-refractivity contribution in [1.82, 2.24) is 0 Å². The quantitative estimate of drug-likeness (QED) is 0.807. The summed E-state index contributed by atoms with van der Waals surface area (Å²) in [7, 11) is 0. The minimum atomic E-state index is -0.854. The fourth-order valence-electron chi connectivity index (χ4n) is 4.64. The molecule has 0 aromatic heterocycles. The van der Waals surface area contributed by atoms with E-state index >= 15 is 0 Å². The van der Waals surface area contributed by atoms with Gasteiger partial charge in [-0.05, 0) is 67.7 Å². The number of aryl methyl sites for hydroxylation is 1. The first-order valence-corrected chi connectivity index (χ1v) is 9.54. The Bertz CT molecular complexity index is 773. The number of hydrogen-bond donors (Lipinski definition) is 1. The summed E-state index contributed by atoms with van der Waals surface area (Å²) in [6.45, 7) is 0. The normalized spacial score (nSPS) is 29.3. The predicted octanol–water partition coefficient (Wildman–Crippen LogP) is 5.17. The molecule has 0 bridgehead atoms. The van der Waals surface area contributed by atoms with Crippen molar-refractivity contribution in [2.75, 3.05) is 0 Å². The van der Waals surface area contributed by atoms with Crippen LogP contribution in [-0.4, -0.2) is 16.5 Å². The number of hydrogen-bond acceptors (Lipinski definition) is 2. The molecule has 4 rings (SSSR count). The lowest BCUT2D eigenvalue weighted by Gasteiger charge is -2.42. The Balaban J connectivity index is 1.49. The Morgan fingerprint density at radius 2 is 1.64 bits per heavy atom. The molecule has 1 N–H and O–H groups in total. The van der Waals surface area contributed by atoms with E-state index in [9.17, 15) is 9.90 Å². The van der Waals surface area contributed by atoms with Crippen LogP contribution < -0.4 is 0 Å². The Hall–Kier alpha value is -1.64. The lowest BCUT2D eigenvalue weighted by Crippen LogP contribution is -2.46. The van der Waals surface area contributed by atoms with Crippen LogP contribution in [0.25, 0.3) is 0 Å². The number of fused-ring (bicyclic) bond motifs is 1. The Morgan fingerprint density at radius 1 is 0.960 bits per heavy atom. The molecule has 0 unspecified atom stereocenters. The van der Waals surface area contributed by atoms with E-state index in [-0.39, 0.29) is 11.7 Å². The zero-order chi connectivity index (χ0) is 17.4. The van der Waals surface area contributed by atoms with Gasteiger partial charge >= 0.3 is 0 Å². The molecule has 2 aliphatic carbocycles. The molecule has 2 aliphatic rings. The molecule has 0 amide bonds. The molecule has 1 saturated carbocycles. The van der Waals surface area contributed by atoms with Crippen LogP contribution in [0.1, 0.15) is 59.5 Å². The zero-order valence-electron chi connectivity index (χ0n) is 14.2. The van der Waals surface area contributed by atoms with Crippen molar-refractivity contribution in [1.29, 1.82) is 0 Å². The number of ketones is 1. The summed E-state index contributed by atoms with van der Waals surface area (Å²) in [5.41, 5.74) is 2.37. The third-order valence-electron chi connectivity index (χ3n) is 6.14. The van der Waals surface area contributed by atoms with Gasteiger partial charge in [-0.15, -0.1) is 0 Å². The van der Waals surface area contributed by atoms with Crippen molar-refractivity contribution in [2.24, 2.45) is 5.92 Å². The lowest BCUT2D eigenvalue weighted by atomic mass is 9.65. The van der Waals surface area contributed by atoms with Crippen LogP contribution >= 0.6 is 11.6 Å². The number of carbonyl (C=O) groups is 1. The highest BCUT2D eigenvalue weighted by Crippen LogP contribution is 2.45. The smallest absolute Gasteiger partial charge is 0.169 e. The predicted molar refractivity (Wildman–Crippen MR) is 100 cm³/mol. The second-order valence-corrected chi connectivity index (χ2v) is 7.98. The van der Waals surface area contributed by atoms with Crippen molar-refractivity contribution in [2.45, 2.75) is 50.0 Å². The highest BCUT2D eigenvalue weighted by atomic mass is 35.5. The van der Waals surface area contributed by atoms with E-state index < -0.39 is 5.60 Å². The van der Waals surface area contributed by atoms with E-state index in [1.165, 1.54) is 5.56 Å². The molecular weight excluding hydrogens is 332 g/mol. The summed E-state index contributed by atoms with van der Waals surface area (Å²) in [5.74, 6) is 0.325. The first-order valence-electron chi connectivity index (χ1n) is 9.17. The van der Waals surface area contributed by atoms with E-state index in [1.54, 1.807) is 0 Å². The fourth-order valence-corrected chi connectivity index (χ4v) is 4.77. The Kier molecular flexibility index (Phi) is 4.43. The SMILES string of the molecule is O=C1c2ccccc2CC[C@H]1C1(O)CCC(c2ccc(Cl)cc2)CC1. The highest BCUT2D eigenvalue weighted by molar-refractivity contribution is 6.30. The van der Waals surface area contributed by atoms with Crippen molar-refractivity contribution in [3.8, 4) is 0 Å². The number of carbonyl (C=O) groups excluding carboxylic acids is 1. The summed E-state index contributed by atoms with van der Waals surface area (Å²) in [4.78, 5) is 12.9. The molecule has 0 spiro atoms. The third-order valence-corrected chi connectivity index (χ3v) is 6.40. The van der Waals surface area contributed by atoms with Gasteiger partial charge in [0, 0.05) is 10.6 Å². The van der Waals surface area contributed by atoms with Gasteiger partial charge in [-0.3, -0.25) is 4.79 Å². The Morgan fingerprint density at radius 3 is 2.36 bits per heavy atom. The van der Waals surface area contributed by atoms with Crippen LogP contribution in [0, 0.1) is 5.92 Å². The maximum Gasteiger partial charge on any atom is 0.169 e. The molecule has 2 nitrogen and oxygen atoms in total. The van der Waals surface area contributed by atoms with Crippen molar-refractivity contribution >= 4 is 17.4 Å². The summed E-state index contributed by atoms with van der Waals surface area (Å²) >= 11 is 5.98. The highest BCUT2D eigenvalue weighted by Gasteiger charge is 2.45.